The molecule has 6 nitrogen and oxygen atoms in total. The molecule has 0 unspecified atom stereocenters. The number of thioether (sulfide) groups is 1. The Hall–Kier alpha value is -3.32. The van der Waals surface area contributed by atoms with Gasteiger partial charge >= 0.3 is 12.4 Å². The summed E-state index contributed by atoms with van der Waals surface area (Å²) < 4.78 is 81.0. The van der Waals surface area contributed by atoms with Crippen LogP contribution in [0.25, 0.3) is 17.0 Å². The first-order valence-corrected chi connectivity index (χ1v) is 13.0. The smallest absolute Gasteiger partial charge is 0.348 e. The Morgan fingerprint density at radius 3 is 2.62 bits per heavy atom. The second kappa shape index (κ2) is 10.3. The number of amidine groups is 1. The van der Waals surface area contributed by atoms with Gasteiger partial charge in [0.25, 0.3) is 5.91 Å². The number of hydrogen-bond acceptors (Lipinski definition) is 5. The number of halogens is 6. The maximum atomic E-state index is 13.6. The Kier molecular flexibility index (Phi) is 7.23. The number of alkyl halides is 6. The molecule has 0 bridgehead atoms. The molecule has 5 rings (SSSR count). The van der Waals surface area contributed by atoms with Crippen LogP contribution in [0.5, 0.6) is 0 Å². The van der Waals surface area contributed by atoms with Crippen molar-refractivity contribution in [3.05, 3.63) is 69.8 Å². The molecular formula is C26H23F6N5OS. The summed E-state index contributed by atoms with van der Waals surface area (Å²) in [5.74, 6) is -0.334. The Labute approximate surface area is 223 Å². The molecule has 2 aliphatic heterocycles. The third-order valence-electron chi connectivity index (χ3n) is 6.65. The van der Waals surface area contributed by atoms with Crippen molar-refractivity contribution in [1.82, 2.24) is 20.0 Å². The van der Waals surface area contributed by atoms with E-state index in [2.05, 4.69) is 27.2 Å². The van der Waals surface area contributed by atoms with Crippen molar-refractivity contribution in [1.29, 1.82) is 0 Å². The number of hydrogen-bond donors (Lipinski definition) is 1. The van der Waals surface area contributed by atoms with Gasteiger partial charge in [0.2, 0.25) is 0 Å². The highest BCUT2D eigenvalue weighted by atomic mass is 32.2. The minimum Gasteiger partial charge on any atom is -0.348 e. The molecule has 2 aromatic carbocycles. The number of aliphatic imine (C=N–C) groups is 1. The van der Waals surface area contributed by atoms with Gasteiger partial charge in [0.05, 0.1) is 34.3 Å². The fraction of sp³-hybridized carbons (Fsp3) is 0.346. The highest BCUT2D eigenvalue weighted by Gasteiger charge is 2.38. The van der Waals surface area contributed by atoms with Gasteiger partial charge in [-0.3, -0.25) is 9.48 Å². The van der Waals surface area contributed by atoms with Gasteiger partial charge in [-0.1, -0.05) is 19.1 Å². The molecule has 1 fully saturated rings. The van der Waals surface area contributed by atoms with Crippen molar-refractivity contribution in [3.8, 4) is 0 Å². The van der Waals surface area contributed by atoms with Crippen LogP contribution in [0.4, 0.5) is 26.3 Å². The zero-order valence-electron chi connectivity index (χ0n) is 20.6. The molecule has 3 heterocycles. The molecule has 0 saturated carbocycles. The maximum absolute atomic E-state index is 13.6. The summed E-state index contributed by atoms with van der Waals surface area (Å²) >= 11 is 1.30. The molecule has 3 aromatic rings. The second-order valence-electron chi connectivity index (χ2n) is 9.30. The van der Waals surface area contributed by atoms with Crippen LogP contribution in [-0.4, -0.2) is 51.4 Å². The van der Waals surface area contributed by atoms with E-state index in [9.17, 15) is 31.1 Å². The van der Waals surface area contributed by atoms with E-state index in [-0.39, 0.29) is 24.1 Å². The lowest BCUT2D eigenvalue weighted by Crippen LogP contribution is -2.51. The van der Waals surface area contributed by atoms with Gasteiger partial charge in [-0.2, -0.15) is 36.4 Å². The monoisotopic (exact) mass is 567 g/mol. The number of carbonyl (C=O) groups is 1. The van der Waals surface area contributed by atoms with E-state index in [1.807, 2.05) is 0 Å². The molecule has 13 heteroatoms. The van der Waals surface area contributed by atoms with Gasteiger partial charge in [-0.15, -0.1) is 0 Å². The summed E-state index contributed by atoms with van der Waals surface area (Å²) in [6.45, 7) is 4.05. The number of nitrogens with one attached hydrogen (secondary N) is 1. The van der Waals surface area contributed by atoms with E-state index in [4.69, 9.17) is 0 Å². The fourth-order valence-corrected chi connectivity index (χ4v) is 5.54. The van der Waals surface area contributed by atoms with Crippen LogP contribution >= 0.6 is 11.8 Å². The Bertz CT molecular complexity index is 1480. The molecular weight excluding hydrogens is 544 g/mol. The van der Waals surface area contributed by atoms with Crippen LogP contribution in [0.1, 0.15) is 35.6 Å². The van der Waals surface area contributed by atoms with Crippen molar-refractivity contribution in [2.75, 3.05) is 19.6 Å². The lowest BCUT2D eigenvalue weighted by Gasteiger charge is -2.33. The molecule has 39 heavy (non-hydrogen) atoms. The van der Waals surface area contributed by atoms with Gasteiger partial charge in [0, 0.05) is 31.1 Å². The molecule has 206 valence electrons. The topological polar surface area (TPSA) is 62.5 Å². The average Bonchev–Trinajstić information content (AvgIpc) is 3.45. The summed E-state index contributed by atoms with van der Waals surface area (Å²) in [7, 11) is 0. The number of carbonyl (C=O) groups excluding carboxylic acids is 1. The standard InChI is InChI=1S/C26H23F6N5OS/c1-2-19-14-36(8-7-33-19)24-35-23(38)22(39-24)10-15-3-6-21-17(9-15)12-34-37(21)13-16-4-5-18(25(27,28)29)11-20(16)26(30,31)32/h3-6,9-12,19,33H,2,7-8,13-14H2,1H3/t19-/m0/s1. The van der Waals surface area contributed by atoms with Gasteiger partial charge in [0.15, 0.2) is 5.17 Å². The van der Waals surface area contributed by atoms with E-state index in [0.717, 1.165) is 32.1 Å². The highest BCUT2D eigenvalue weighted by Crippen LogP contribution is 2.38. The molecule has 0 aliphatic carbocycles. The Morgan fingerprint density at radius 1 is 1.10 bits per heavy atom. The van der Waals surface area contributed by atoms with Gasteiger partial charge in [-0.05, 0) is 59.7 Å². The molecule has 1 saturated heterocycles. The summed E-state index contributed by atoms with van der Waals surface area (Å²) in [6, 6.07) is 7.02. The van der Waals surface area contributed by atoms with Crippen molar-refractivity contribution in [2.45, 2.75) is 38.3 Å². The van der Waals surface area contributed by atoms with Crippen LogP contribution in [-0.2, 0) is 23.7 Å². The van der Waals surface area contributed by atoms with Crippen LogP contribution in [0.3, 0.4) is 0 Å². The van der Waals surface area contributed by atoms with Crippen LogP contribution in [0.15, 0.2) is 52.5 Å². The lowest BCUT2D eigenvalue weighted by atomic mass is 10.0. The highest BCUT2D eigenvalue weighted by molar-refractivity contribution is 8.18. The first-order valence-electron chi connectivity index (χ1n) is 12.2. The third kappa shape index (κ3) is 5.83. The number of fused-ring (bicyclic) bond motifs is 1. The van der Waals surface area contributed by atoms with Gasteiger partial charge < -0.3 is 10.2 Å². The van der Waals surface area contributed by atoms with E-state index in [1.165, 1.54) is 22.6 Å². The number of rotatable bonds is 4. The van der Waals surface area contributed by atoms with Crippen LogP contribution in [0.2, 0.25) is 0 Å². The quantitative estimate of drug-likeness (QED) is 0.320. The Morgan fingerprint density at radius 2 is 1.90 bits per heavy atom. The van der Waals surface area contributed by atoms with Crippen molar-refractivity contribution in [2.24, 2.45) is 4.99 Å². The van der Waals surface area contributed by atoms with E-state index in [0.29, 0.717) is 38.6 Å². The van der Waals surface area contributed by atoms with Crippen LogP contribution in [0, 0.1) is 0 Å². The van der Waals surface area contributed by atoms with E-state index in [1.54, 1.807) is 24.3 Å². The third-order valence-corrected chi connectivity index (χ3v) is 7.70. The summed E-state index contributed by atoms with van der Waals surface area (Å²) in [5.41, 5.74) is -1.87. The molecule has 0 radical (unpaired) electrons. The van der Waals surface area contributed by atoms with Crippen molar-refractivity contribution >= 4 is 39.8 Å². The molecule has 1 atom stereocenters. The summed E-state index contributed by atoms with van der Waals surface area (Å²) in [5, 5.41) is 8.85. The normalized spacial score (nSPS) is 19.8. The zero-order chi connectivity index (χ0) is 27.9. The number of benzene rings is 2. The number of nitrogens with zero attached hydrogens (tertiary/aromatic N) is 4. The van der Waals surface area contributed by atoms with E-state index < -0.39 is 23.5 Å². The first kappa shape index (κ1) is 27.3. The summed E-state index contributed by atoms with van der Waals surface area (Å²) in [6.07, 6.45) is -5.72. The number of piperazine rings is 1. The predicted octanol–water partition coefficient (Wildman–Crippen LogP) is 5.78. The average molecular weight is 568 g/mol. The second-order valence-corrected chi connectivity index (χ2v) is 10.3. The first-order chi connectivity index (χ1) is 18.4. The van der Waals surface area contributed by atoms with Crippen molar-refractivity contribution < 1.29 is 31.1 Å². The SMILES string of the molecule is CC[C@H]1CN(C2=NC(=O)C(=Cc3ccc4c(cnn4Cc4ccc(C(F)(F)F)cc4C(F)(F)F)c3)S2)CCN1. The molecule has 2 aliphatic rings. The van der Waals surface area contributed by atoms with Crippen molar-refractivity contribution in [3.63, 3.8) is 0 Å². The maximum Gasteiger partial charge on any atom is 0.416 e. The predicted molar refractivity (Wildman–Crippen MR) is 137 cm³/mol. The number of aromatic nitrogens is 2. The Balaban J connectivity index is 1.36. The summed E-state index contributed by atoms with van der Waals surface area (Å²) in [4.78, 5) is 19.3. The number of amides is 1. The minimum absolute atomic E-state index is 0.126. The molecule has 1 aromatic heterocycles. The van der Waals surface area contributed by atoms with Gasteiger partial charge in [-0.25, -0.2) is 0 Å². The molecule has 1 amide bonds. The fourth-order valence-electron chi connectivity index (χ4n) is 4.59. The largest absolute Gasteiger partial charge is 0.416 e. The zero-order valence-corrected chi connectivity index (χ0v) is 21.4. The van der Waals surface area contributed by atoms with E-state index >= 15 is 0 Å². The van der Waals surface area contributed by atoms with Gasteiger partial charge in [0.1, 0.15) is 0 Å². The molecule has 0 spiro atoms. The lowest BCUT2D eigenvalue weighted by molar-refractivity contribution is -0.143. The van der Waals surface area contributed by atoms with Crippen LogP contribution < -0.4 is 5.32 Å². The minimum atomic E-state index is -4.96. The molecule has 1 N–H and O–H groups in total.